The van der Waals surface area contributed by atoms with Crippen LogP contribution < -0.4 is 4.74 Å². The molecule has 1 aromatic carbocycles. The Balaban J connectivity index is 1.50. The van der Waals surface area contributed by atoms with E-state index < -0.39 is 9.84 Å². The second-order valence-corrected chi connectivity index (χ2v) is 7.64. The van der Waals surface area contributed by atoms with Crippen molar-refractivity contribution in [2.75, 3.05) is 12.4 Å². The zero-order chi connectivity index (χ0) is 16.8. The maximum absolute atomic E-state index is 12.1. The van der Waals surface area contributed by atoms with Crippen LogP contribution in [0.25, 0.3) is 10.9 Å². The first-order chi connectivity index (χ1) is 11.6. The second kappa shape index (κ2) is 7.40. The molecular formula is C18H18N2O3S. The van der Waals surface area contributed by atoms with E-state index in [2.05, 4.69) is 9.97 Å². The van der Waals surface area contributed by atoms with Crippen LogP contribution in [0.4, 0.5) is 0 Å². The minimum absolute atomic E-state index is 0.0396. The van der Waals surface area contributed by atoms with Crippen LogP contribution in [0.5, 0.6) is 5.88 Å². The van der Waals surface area contributed by atoms with E-state index >= 15 is 0 Å². The molecule has 0 fully saturated rings. The number of hydrogen-bond donors (Lipinski definition) is 0. The molecule has 124 valence electrons. The molecule has 0 aliphatic carbocycles. The summed E-state index contributed by atoms with van der Waals surface area (Å²) < 4.78 is 29.7. The molecular weight excluding hydrogens is 324 g/mol. The van der Waals surface area contributed by atoms with Crippen molar-refractivity contribution in [3.8, 4) is 5.88 Å². The SMILES string of the molecule is O=S(=O)(CCCOc1ccc2ccccc2n1)Cc1ccccn1. The number of nitrogens with zero attached hydrogens (tertiary/aromatic N) is 2. The van der Waals surface area contributed by atoms with Crippen molar-refractivity contribution in [1.29, 1.82) is 0 Å². The zero-order valence-electron chi connectivity index (χ0n) is 13.1. The minimum atomic E-state index is -3.19. The van der Waals surface area contributed by atoms with Gasteiger partial charge in [0, 0.05) is 17.6 Å². The number of para-hydroxylation sites is 1. The summed E-state index contributed by atoms with van der Waals surface area (Å²) in [6, 6.07) is 16.8. The lowest BCUT2D eigenvalue weighted by molar-refractivity contribution is 0.306. The fourth-order valence-corrected chi connectivity index (χ4v) is 3.69. The van der Waals surface area contributed by atoms with Gasteiger partial charge >= 0.3 is 0 Å². The van der Waals surface area contributed by atoms with Crippen LogP contribution in [0, 0.1) is 0 Å². The van der Waals surface area contributed by atoms with Crippen molar-refractivity contribution in [2.45, 2.75) is 12.2 Å². The Kier molecular flexibility index (Phi) is 5.05. The predicted molar refractivity (Wildman–Crippen MR) is 93.6 cm³/mol. The van der Waals surface area contributed by atoms with Gasteiger partial charge in [-0.3, -0.25) is 4.98 Å². The van der Waals surface area contributed by atoms with Crippen LogP contribution in [0.3, 0.4) is 0 Å². The monoisotopic (exact) mass is 342 g/mol. The Morgan fingerprint density at radius 2 is 1.79 bits per heavy atom. The number of fused-ring (bicyclic) bond motifs is 1. The first kappa shape index (κ1) is 16.4. The first-order valence-corrected chi connectivity index (χ1v) is 9.53. The largest absolute Gasteiger partial charge is 0.478 e. The highest BCUT2D eigenvalue weighted by molar-refractivity contribution is 7.90. The van der Waals surface area contributed by atoms with Crippen LogP contribution >= 0.6 is 0 Å². The zero-order valence-corrected chi connectivity index (χ0v) is 13.9. The van der Waals surface area contributed by atoms with Crippen molar-refractivity contribution in [3.05, 3.63) is 66.5 Å². The van der Waals surface area contributed by atoms with Gasteiger partial charge < -0.3 is 4.74 Å². The van der Waals surface area contributed by atoms with Crippen LogP contribution in [-0.2, 0) is 15.6 Å². The van der Waals surface area contributed by atoms with Crippen LogP contribution in [0.1, 0.15) is 12.1 Å². The van der Waals surface area contributed by atoms with Gasteiger partial charge in [-0.25, -0.2) is 13.4 Å². The van der Waals surface area contributed by atoms with Gasteiger partial charge in [0.1, 0.15) is 0 Å². The van der Waals surface area contributed by atoms with Gasteiger partial charge in [0.15, 0.2) is 9.84 Å². The molecule has 0 N–H and O–H groups in total. The molecule has 0 aliphatic rings. The highest BCUT2D eigenvalue weighted by Gasteiger charge is 2.12. The average molecular weight is 342 g/mol. The molecule has 5 nitrogen and oxygen atoms in total. The number of ether oxygens (including phenoxy) is 1. The highest BCUT2D eigenvalue weighted by Crippen LogP contribution is 2.16. The molecule has 6 heteroatoms. The minimum Gasteiger partial charge on any atom is -0.478 e. The third-order valence-corrected chi connectivity index (χ3v) is 5.16. The summed E-state index contributed by atoms with van der Waals surface area (Å²) >= 11 is 0. The fraction of sp³-hybridized carbons (Fsp3) is 0.222. The lowest BCUT2D eigenvalue weighted by atomic mass is 10.2. The number of aromatic nitrogens is 2. The summed E-state index contributed by atoms with van der Waals surface area (Å²) in [4.78, 5) is 8.44. The second-order valence-electron chi connectivity index (χ2n) is 5.46. The van der Waals surface area contributed by atoms with Crippen LogP contribution in [0.2, 0.25) is 0 Å². The molecule has 0 saturated heterocycles. The number of benzene rings is 1. The molecule has 3 aromatic rings. The van der Waals surface area contributed by atoms with Crippen molar-refractivity contribution in [1.82, 2.24) is 9.97 Å². The molecule has 0 saturated carbocycles. The molecule has 3 rings (SSSR count). The van der Waals surface area contributed by atoms with Gasteiger partial charge in [-0.2, -0.15) is 0 Å². The third-order valence-electron chi connectivity index (χ3n) is 3.52. The van der Waals surface area contributed by atoms with Crippen molar-refractivity contribution < 1.29 is 13.2 Å². The summed E-state index contributed by atoms with van der Waals surface area (Å²) in [5, 5.41) is 1.04. The molecule has 0 aliphatic heterocycles. The molecule has 0 amide bonds. The average Bonchev–Trinajstić information content (AvgIpc) is 2.59. The Morgan fingerprint density at radius 3 is 2.62 bits per heavy atom. The topological polar surface area (TPSA) is 69.2 Å². The molecule has 2 heterocycles. The summed E-state index contributed by atoms with van der Waals surface area (Å²) in [6.07, 6.45) is 2.02. The molecule has 24 heavy (non-hydrogen) atoms. The van der Waals surface area contributed by atoms with Crippen molar-refractivity contribution >= 4 is 20.7 Å². The van der Waals surface area contributed by atoms with E-state index in [-0.39, 0.29) is 11.5 Å². The van der Waals surface area contributed by atoms with Gasteiger partial charge in [-0.15, -0.1) is 0 Å². The van der Waals surface area contributed by atoms with E-state index in [0.717, 1.165) is 10.9 Å². The van der Waals surface area contributed by atoms with E-state index in [1.807, 2.05) is 30.3 Å². The van der Waals surface area contributed by atoms with E-state index in [9.17, 15) is 8.42 Å². The molecule has 2 aromatic heterocycles. The van der Waals surface area contributed by atoms with Gasteiger partial charge in [-0.1, -0.05) is 24.3 Å². The van der Waals surface area contributed by atoms with Crippen molar-refractivity contribution in [3.63, 3.8) is 0 Å². The maximum Gasteiger partial charge on any atom is 0.213 e. The van der Waals surface area contributed by atoms with Gasteiger partial charge in [-0.05, 0) is 30.7 Å². The molecule has 0 bridgehead atoms. The molecule has 0 spiro atoms. The highest BCUT2D eigenvalue weighted by atomic mass is 32.2. The quantitative estimate of drug-likeness (QED) is 0.617. The van der Waals surface area contributed by atoms with E-state index in [0.29, 0.717) is 24.6 Å². The Bertz CT molecular complexity index is 912. The maximum atomic E-state index is 12.1. The standard InChI is InChI=1S/C18H18N2O3S/c21-24(22,14-16-7-3-4-11-19-16)13-5-12-23-18-10-9-15-6-1-2-8-17(15)20-18/h1-4,6-11H,5,12-14H2. The normalized spacial score (nSPS) is 11.5. The summed E-state index contributed by atoms with van der Waals surface area (Å²) in [5.41, 5.74) is 1.42. The number of hydrogen-bond acceptors (Lipinski definition) is 5. The third kappa shape index (κ3) is 4.52. The molecule has 0 atom stereocenters. The van der Waals surface area contributed by atoms with Crippen LogP contribution in [0.15, 0.2) is 60.8 Å². The Hall–Kier alpha value is -2.47. The number of sulfone groups is 1. The number of rotatable bonds is 7. The van der Waals surface area contributed by atoms with Gasteiger partial charge in [0.2, 0.25) is 5.88 Å². The van der Waals surface area contributed by atoms with E-state index in [1.54, 1.807) is 30.5 Å². The summed E-state index contributed by atoms with van der Waals surface area (Å²) in [7, 11) is -3.19. The molecule has 0 radical (unpaired) electrons. The Morgan fingerprint density at radius 1 is 0.958 bits per heavy atom. The van der Waals surface area contributed by atoms with Gasteiger partial charge in [0.05, 0.1) is 29.3 Å². The fourth-order valence-electron chi connectivity index (χ4n) is 2.36. The van der Waals surface area contributed by atoms with Crippen molar-refractivity contribution in [2.24, 2.45) is 0 Å². The van der Waals surface area contributed by atoms with E-state index in [1.165, 1.54) is 0 Å². The number of pyridine rings is 2. The lowest BCUT2D eigenvalue weighted by Crippen LogP contribution is -2.13. The first-order valence-electron chi connectivity index (χ1n) is 7.71. The van der Waals surface area contributed by atoms with Gasteiger partial charge in [0.25, 0.3) is 0 Å². The van der Waals surface area contributed by atoms with E-state index in [4.69, 9.17) is 4.74 Å². The Labute approximate surface area is 141 Å². The summed E-state index contributed by atoms with van der Waals surface area (Å²) in [6.45, 7) is 0.312. The smallest absolute Gasteiger partial charge is 0.213 e. The molecule has 0 unspecified atom stereocenters. The van der Waals surface area contributed by atoms with Crippen LogP contribution in [-0.4, -0.2) is 30.7 Å². The predicted octanol–water partition coefficient (Wildman–Crippen LogP) is 3.01. The summed E-state index contributed by atoms with van der Waals surface area (Å²) in [5.74, 6) is 0.537. The lowest BCUT2D eigenvalue weighted by Gasteiger charge is -2.07.